The van der Waals surface area contributed by atoms with E-state index in [1.165, 1.54) is 10.4 Å². The topological polar surface area (TPSA) is 46.5 Å². The Morgan fingerprint density at radius 1 is 1.21 bits per heavy atom. The summed E-state index contributed by atoms with van der Waals surface area (Å²) in [5, 5.41) is 4.20. The minimum absolute atomic E-state index is 0.0682. The van der Waals surface area contributed by atoms with Crippen molar-refractivity contribution in [2.75, 3.05) is 33.3 Å². The predicted octanol–water partition coefficient (Wildman–Crippen LogP) is 3.24. The summed E-state index contributed by atoms with van der Waals surface area (Å²) in [5.41, 5.74) is 3.44. The Balaban J connectivity index is 1.80. The molecule has 6 heteroatoms. The molecule has 1 aliphatic rings. The second-order valence-electron chi connectivity index (χ2n) is 7.32. The molecule has 0 bridgehead atoms. The van der Waals surface area contributed by atoms with E-state index in [-0.39, 0.29) is 5.56 Å². The Kier molecular flexibility index (Phi) is 5.53. The first-order valence-corrected chi connectivity index (χ1v) is 10.6. The molecule has 0 saturated carbocycles. The first kappa shape index (κ1) is 19.2. The molecule has 148 valence electrons. The van der Waals surface area contributed by atoms with Crippen molar-refractivity contribution in [3.8, 4) is 16.9 Å². The van der Waals surface area contributed by atoms with Gasteiger partial charge in [-0.05, 0) is 29.7 Å². The van der Waals surface area contributed by atoms with Crippen molar-refractivity contribution in [1.82, 2.24) is 14.8 Å². The number of nitrogens with one attached hydrogen (secondary N) is 1. The zero-order valence-corrected chi connectivity index (χ0v) is 17.6. The van der Waals surface area contributed by atoms with Gasteiger partial charge in [0, 0.05) is 61.1 Å². The number of benzene rings is 1. The Morgan fingerprint density at radius 2 is 2.00 bits per heavy atom. The highest BCUT2D eigenvalue weighted by Crippen LogP contribution is 2.36. The van der Waals surface area contributed by atoms with E-state index in [0.717, 1.165) is 66.1 Å². The molecule has 0 aliphatic carbocycles. The molecule has 1 aromatic carbocycles. The van der Waals surface area contributed by atoms with E-state index >= 15 is 0 Å². The summed E-state index contributed by atoms with van der Waals surface area (Å²) in [6.07, 6.45) is 2.89. The van der Waals surface area contributed by atoms with Gasteiger partial charge in [0.25, 0.3) is 5.56 Å². The van der Waals surface area contributed by atoms with Crippen LogP contribution in [0.3, 0.4) is 0 Å². The second kappa shape index (κ2) is 8.07. The van der Waals surface area contributed by atoms with Gasteiger partial charge in [0.1, 0.15) is 5.75 Å². The van der Waals surface area contributed by atoms with Crippen molar-refractivity contribution >= 4 is 21.4 Å². The highest BCUT2D eigenvalue weighted by molar-refractivity contribution is 7.19. The van der Waals surface area contributed by atoms with Gasteiger partial charge >= 0.3 is 0 Å². The quantitative estimate of drug-likeness (QED) is 0.718. The van der Waals surface area contributed by atoms with E-state index in [0.29, 0.717) is 0 Å². The highest BCUT2D eigenvalue weighted by Gasteiger charge is 2.17. The number of hydrogen-bond acceptors (Lipinski definition) is 5. The fraction of sp³-hybridized carbons (Fsp3) is 0.409. The lowest BCUT2D eigenvalue weighted by molar-refractivity contribution is 0.235. The number of aryl methyl sites for hydroxylation is 2. The molecular weight excluding hydrogens is 370 g/mol. The third kappa shape index (κ3) is 3.60. The molecule has 1 saturated heterocycles. The number of nitrogens with zero attached hydrogens (tertiary/aromatic N) is 2. The summed E-state index contributed by atoms with van der Waals surface area (Å²) >= 11 is 1.74. The van der Waals surface area contributed by atoms with Crippen LogP contribution in [0.25, 0.3) is 21.2 Å². The molecule has 4 rings (SSSR count). The lowest BCUT2D eigenvalue weighted by atomic mass is 10.0. The van der Waals surface area contributed by atoms with Gasteiger partial charge in [-0.2, -0.15) is 0 Å². The molecular formula is C22H27N3O2S. The second-order valence-corrected chi connectivity index (χ2v) is 8.46. The molecule has 3 heterocycles. The normalized spacial score (nSPS) is 15.2. The number of rotatable bonds is 5. The molecule has 1 fully saturated rings. The molecule has 0 radical (unpaired) electrons. The van der Waals surface area contributed by atoms with E-state index in [2.05, 4.69) is 41.4 Å². The van der Waals surface area contributed by atoms with E-state index < -0.39 is 0 Å². The van der Waals surface area contributed by atoms with Crippen molar-refractivity contribution in [1.29, 1.82) is 0 Å². The molecule has 0 unspecified atom stereocenters. The maximum absolute atomic E-state index is 12.8. The summed E-state index contributed by atoms with van der Waals surface area (Å²) in [4.78, 5) is 16.5. The van der Waals surface area contributed by atoms with Crippen LogP contribution in [0.2, 0.25) is 0 Å². The standard InChI is InChI=1S/C22H27N3O2S/c1-4-15-5-6-16(11-20(15)27-3)19-14-24(2)22(26)18-12-17(28-21(18)19)13-25-9-7-23-8-10-25/h5-6,11-12,14,23H,4,7-10,13H2,1-3H3. The monoisotopic (exact) mass is 397 g/mol. The zero-order chi connectivity index (χ0) is 19.7. The molecule has 0 atom stereocenters. The van der Waals surface area contributed by atoms with Crippen LogP contribution in [0.1, 0.15) is 17.4 Å². The van der Waals surface area contributed by atoms with Crippen LogP contribution in [0, 0.1) is 0 Å². The van der Waals surface area contributed by atoms with Gasteiger partial charge in [-0.25, -0.2) is 0 Å². The summed E-state index contributed by atoms with van der Waals surface area (Å²) < 4.78 is 8.36. The van der Waals surface area contributed by atoms with Crippen molar-refractivity contribution in [3.63, 3.8) is 0 Å². The van der Waals surface area contributed by atoms with E-state index in [4.69, 9.17) is 4.74 Å². The number of fused-ring (bicyclic) bond motifs is 1. The van der Waals surface area contributed by atoms with Crippen LogP contribution in [0.5, 0.6) is 5.75 Å². The molecule has 2 aromatic heterocycles. The minimum atomic E-state index is 0.0682. The molecule has 0 amide bonds. The van der Waals surface area contributed by atoms with Gasteiger partial charge < -0.3 is 14.6 Å². The van der Waals surface area contributed by atoms with Crippen LogP contribution < -0.4 is 15.6 Å². The third-order valence-electron chi connectivity index (χ3n) is 5.47. The lowest BCUT2D eigenvalue weighted by Gasteiger charge is -2.26. The average Bonchev–Trinajstić information content (AvgIpc) is 3.14. The Bertz CT molecular complexity index is 1050. The summed E-state index contributed by atoms with van der Waals surface area (Å²) in [6.45, 7) is 7.19. The van der Waals surface area contributed by atoms with Crippen molar-refractivity contribution < 1.29 is 4.74 Å². The van der Waals surface area contributed by atoms with Crippen molar-refractivity contribution in [3.05, 3.63) is 51.3 Å². The fourth-order valence-electron chi connectivity index (χ4n) is 3.88. The van der Waals surface area contributed by atoms with Gasteiger partial charge in [0.15, 0.2) is 0 Å². The Hall–Kier alpha value is -2.15. The van der Waals surface area contributed by atoms with Crippen LogP contribution in [-0.4, -0.2) is 42.8 Å². The average molecular weight is 398 g/mol. The first-order chi connectivity index (χ1) is 13.6. The number of methoxy groups -OCH3 is 1. The zero-order valence-electron chi connectivity index (χ0n) is 16.7. The summed E-state index contributed by atoms with van der Waals surface area (Å²) in [7, 11) is 3.54. The minimum Gasteiger partial charge on any atom is -0.496 e. The summed E-state index contributed by atoms with van der Waals surface area (Å²) in [5.74, 6) is 0.902. The number of pyridine rings is 1. The maximum Gasteiger partial charge on any atom is 0.259 e. The van der Waals surface area contributed by atoms with Gasteiger partial charge in [-0.15, -0.1) is 11.3 Å². The molecule has 1 aliphatic heterocycles. The Labute approximate surface area is 169 Å². The van der Waals surface area contributed by atoms with Crippen LogP contribution in [0.15, 0.2) is 35.3 Å². The number of ether oxygens (including phenoxy) is 1. The molecule has 28 heavy (non-hydrogen) atoms. The van der Waals surface area contributed by atoms with Crippen molar-refractivity contribution in [2.45, 2.75) is 19.9 Å². The number of thiophene rings is 1. The van der Waals surface area contributed by atoms with Crippen LogP contribution in [-0.2, 0) is 20.0 Å². The maximum atomic E-state index is 12.8. The smallest absolute Gasteiger partial charge is 0.259 e. The lowest BCUT2D eigenvalue weighted by Crippen LogP contribution is -2.42. The van der Waals surface area contributed by atoms with E-state index in [9.17, 15) is 4.79 Å². The van der Waals surface area contributed by atoms with Gasteiger partial charge in [-0.3, -0.25) is 9.69 Å². The number of piperazine rings is 1. The molecule has 0 spiro atoms. The molecule has 5 nitrogen and oxygen atoms in total. The predicted molar refractivity (Wildman–Crippen MR) is 117 cm³/mol. The molecule has 1 N–H and O–H groups in total. The SMILES string of the molecule is CCc1ccc(-c2cn(C)c(=O)c3cc(CN4CCNCC4)sc23)cc1OC. The van der Waals surface area contributed by atoms with Crippen molar-refractivity contribution in [2.24, 2.45) is 7.05 Å². The summed E-state index contributed by atoms with van der Waals surface area (Å²) in [6, 6.07) is 8.44. The third-order valence-corrected chi connectivity index (χ3v) is 6.62. The van der Waals surface area contributed by atoms with Crippen LogP contribution in [0.4, 0.5) is 0 Å². The molecule has 3 aromatic rings. The number of aromatic nitrogens is 1. The first-order valence-electron chi connectivity index (χ1n) is 9.83. The van der Waals surface area contributed by atoms with E-state index in [1.54, 1.807) is 23.0 Å². The van der Waals surface area contributed by atoms with Gasteiger partial charge in [0.05, 0.1) is 12.5 Å². The fourth-order valence-corrected chi connectivity index (χ4v) is 5.10. The Morgan fingerprint density at radius 3 is 2.71 bits per heavy atom. The number of hydrogen-bond donors (Lipinski definition) is 1. The highest BCUT2D eigenvalue weighted by atomic mass is 32.1. The van der Waals surface area contributed by atoms with Crippen LogP contribution >= 0.6 is 11.3 Å². The van der Waals surface area contributed by atoms with Gasteiger partial charge in [0.2, 0.25) is 0 Å². The largest absolute Gasteiger partial charge is 0.496 e. The van der Waals surface area contributed by atoms with Gasteiger partial charge in [-0.1, -0.05) is 19.1 Å². The van der Waals surface area contributed by atoms with E-state index in [1.807, 2.05) is 13.2 Å².